The van der Waals surface area contributed by atoms with Gasteiger partial charge in [-0.15, -0.1) is 0 Å². The first-order chi connectivity index (χ1) is 7.74. The molecule has 0 saturated heterocycles. The van der Waals surface area contributed by atoms with E-state index in [4.69, 9.17) is 0 Å². The highest BCUT2D eigenvalue weighted by Crippen LogP contribution is 2.08. The Hall–Kier alpha value is -1.61. The van der Waals surface area contributed by atoms with Crippen molar-refractivity contribution >= 4 is 0 Å². The van der Waals surface area contributed by atoms with Crippen LogP contribution in [-0.4, -0.2) is 9.97 Å². The monoisotopic (exact) mass is 215 g/mol. The van der Waals surface area contributed by atoms with Gasteiger partial charge in [0.1, 0.15) is 0 Å². The van der Waals surface area contributed by atoms with E-state index in [2.05, 4.69) is 47.3 Å². The molecule has 0 unspecified atom stereocenters. The molecule has 1 aromatic heterocycles. The Labute approximate surface area is 95.9 Å². The van der Waals surface area contributed by atoms with Crippen molar-refractivity contribution in [1.29, 1.82) is 0 Å². The Morgan fingerprint density at radius 1 is 1.12 bits per heavy atom. The first kappa shape index (κ1) is 10.9. The van der Waals surface area contributed by atoms with E-state index < -0.39 is 0 Å². The second-order valence-electron chi connectivity index (χ2n) is 4.18. The van der Waals surface area contributed by atoms with E-state index in [1.807, 2.05) is 6.20 Å². The number of rotatable bonds is 4. The van der Waals surface area contributed by atoms with Gasteiger partial charge in [-0.1, -0.05) is 29.3 Å². The van der Waals surface area contributed by atoms with Crippen LogP contribution in [0.4, 0.5) is 0 Å². The third kappa shape index (κ3) is 2.94. The van der Waals surface area contributed by atoms with Crippen molar-refractivity contribution in [3.05, 3.63) is 53.1 Å². The van der Waals surface area contributed by atoms with Crippen LogP contribution < -0.4 is 5.32 Å². The SMILES string of the molecule is Cc1cc(C)cc(CNCc2cnc[nH]2)c1. The molecule has 0 radical (unpaired) electrons. The van der Waals surface area contributed by atoms with E-state index in [1.165, 1.54) is 16.7 Å². The summed E-state index contributed by atoms with van der Waals surface area (Å²) in [6.07, 6.45) is 3.54. The third-order valence-corrected chi connectivity index (χ3v) is 2.48. The van der Waals surface area contributed by atoms with Crippen molar-refractivity contribution in [3.63, 3.8) is 0 Å². The summed E-state index contributed by atoms with van der Waals surface area (Å²) in [4.78, 5) is 7.05. The highest BCUT2D eigenvalue weighted by Gasteiger charge is 1.97. The molecule has 0 saturated carbocycles. The quantitative estimate of drug-likeness (QED) is 0.821. The average Bonchev–Trinajstić information content (AvgIpc) is 2.69. The lowest BCUT2D eigenvalue weighted by Crippen LogP contribution is -2.13. The fourth-order valence-corrected chi connectivity index (χ4v) is 1.89. The predicted molar refractivity (Wildman–Crippen MR) is 65.0 cm³/mol. The number of nitrogens with zero attached hydrogens (tertiary/aromatic N) is 1. The molecule has 0 spiro atoms. The van der Waals surface area contributed by atoms with Crippen LogP contribution in [0.15, 0.2) is 30.7 Å². The molecule has 0 bridgehead atoms. The molecule has 0 aliphatic heterocycles. The summed E-state index contributed by atoms with van der Waals surface area (Å²) in [5, 5.41) is 3.39. The van der Waals surface area contributed by atoms with E-state index in [-0.39, 0.29) is 0 Å². The summed E-state index contributed by atoms with van der Waals surface area (Å²) < 4.78 is 0. The van der Waals surface area contributed by atoms with Crippen LogP contribution in [0, 0.1) is 13.8 Å². The number of H-pyrrole nitrogens is 1. The predicted octanol–water partition coefficient (Wildman–Crippen LogP) is 2.32. The van der Waals surface area contributed by atoms with Gasteiger partial charge in [-0.25, -0.2) is 4.98 Å². The number of benzene rings is 1. The number of hydrogen-bond donors (Lipinski definition) is 2. The smallest absolute Gasteiger partial charge is 0.0922 e. The van der Waals surface area contributed by atoms with Crippen LogP contribution in [0.1, 0.15) is 22.4 Å². The lowest BCUT2D eigenvalue weighted by atomic mass is 10.1. The standard InChI is InChI=1S/C13H17N3/c1-10-3-11(2)5-12(4-10)6-14-7-13-8-15-9-16-13/h3-5,8-9,14H,6-7H2,1-2H3,(H,15,16). The Morgan fingerprint density at radius 2 is 1.88 bits per heavy atom. The minimum Gasteiger partial charge on any atom is -0.347 e. The van der Waals surface area contributed by atoms with Gasteiger partial charge >= 0.3 is 0 Å². The molecule has 84 valence electrons. The van der Waals surface area contributed by atoms with E-state index in [9.17, 15) is 0 Å². The molecule has 3 heteroatoms. The lowest BCUT2D eigenvalue weighted by molar-refractivity contribution is 0.681. The van der Waals surface area contributed by atoms with Gasteiger partial charge in [-0.2, -0.15) is 0 Å². The molecular weight excluding hydrogens is 198 g/mol. The van der Waals surface area contributed by atoms with Crippen molar-refractivity contribution in [2.45, 2.75) is 26.9 Å². The molecule has 3 nitrogen and oxygen atoms in total. The number of aryl methyl sites for hydroxylation is 2. The summed E-state index contributed by atoms with van der Waals surface area (Å²) in [6, 6.07) is 6.62. The zero-order valence-corrected chi connectivity index (χ0v) is 9.75. The lowest BCUT2D eigenvalue weighted by Gasteiger charge is -2.06. The van der Waals surface area contributed by atoms with Crippen molar-refractivity contribution in [1.82, 2.24) is 15.3 Å². The molecule has 1 aromatic carbocycles. The van der Waals surface area contributed by atoms with E-state index >= 15 is 0 Å². The molecule has 1 heterocycles. The highest BCUT2D eigenvalue weighted by molar-refractivity contribution is 5.28. The van der Waals surface area contributed by atoms with Gasteiger partial charge < -0.3 is 10.3 Å². The first-order valence-corrected chi connectivity index (χ1v) is 5.49. The Balaban J connectivity index is 1.89. The van der Waals surface area contributed by atoms with Crippen LogP contribution >= 0.6 is 0 Å². The highest BCUT2D eigenvalue weighted by atomic mass is 14.9. The largest absolute Gasteiger partial charge is 0.347 e. The molecule has 0 aliphatic rings. The maximum Gasteiger partial charge on any atom is 0.0922 e. The fraction of sp³-hybridized carbons (Fsp3) is 0.308. The van der Waals surface area contributed by atoms with Gasteiger partial charge in [0.05, 0.1) is 6.33 Å². The van der Waals surface area contributed by atoms with Gasteiger partial charge in [0.25, 0.3) is 0 Å². The van der Waals surface area contributed by atoms with Gasteiger partial charge in [0, 0.05) is 25.0 Å². The molecule has 2 rings (SSSR count). The van der Waals surface area contributed by atoms with Crippen molar-refractivity contribution in [2.75, 3.05) is 0 Å². The van der Waals surface area contributed by atoms with Crippen LogP contribution in [-0.2, 0) is 13.1 Å². The fourth-order valence-electron chi connectivity index (χ4n) is 1.89. The molecule has 16 heavy (non-hydrogen) atoms. The molecule has 0 fully saturated rings. The zero-order chi connectivity index (χ0) is 11.4. The number of imidazole rings is 1. The van der Waals surface area contributed by atoms with Gasteiger partial charge in [-0.05, 0) is 19.4 Å². The molecule has 0 aliphatic carbocycles. The Morgan fingerprint density at radius 3 is 2.50 bits per heavy atom. The summed E-state index contributed by atoms with van der Waals surface area (Å²) in [5.41, 5.74) is 5.08. The summed E-state index contributed by atoms with van der Waals surface area (Å²) in [5.74, 6) is 0. The van der Waals surface area contributed by atoms with E-state index in [0.717, 1.165) is 18.8 Å². The second-order valence-corrected chi connectivity index (χ2v) is 4.18. The number of aromatic nitrogens is 2. The maximum absolute atomic E-state index is 3.98. The normalized spacial score (nSPS) is 10.6. The summed E-state index contributed by atoms with van der Waals surface area (Å²) in [6.45, 7) is 5.98. The second kappa shape index (κ2) is 4.94. The van der Waals surface area contributed by atoms with Crippen LogP contribution in [0.5, 0.6) is 0 Å². The Kier molecular flexibility index (Phi) is 3.37. The minimum absolute atomic E-state index is 0.826. The van der Waals surface area contributed by atoms with E-state index in [0.29, 0.717) is 0 Å². The average molecular weight is 215 g/mol. The topological polar surface area (TPSA) is 40.7 Å². The molecular formula is C13H17N3. The number of nitrogens with one attached hydrogen (secondary N) is 2. The minimum atomic E-state index is 0.826. The molecule has 0 atom stereocenters. The number of hydrogen-bond acceptors (Lipinski definition) is 2. The van der Waals surface area contributed by atoms with Crippen LogP contribution in [0.25, 0.3) is 0 Å². The van der Waals surface area contributed by atoms with Crippen molar-refractivity contribution in [3.8, 4) is 0 Å². The van der Waals surface area contributed by atoms with Crippen molar-refractivity contribution in [2.24, 2.45) is 0 Å². The molecule has 0 amide bonds. The van der Waals surface area contributed by atoms with Gasteiger partial charge in [0.15, 0.2) is 0 Å². The van der Waals surface area contributed by atoms with E-state index in [1.54, 1.807) is 6.33 Å². The van der Waals surface area contributed by atoms with Crippen LogP contribution in [0.3, 0.4) is 0 Å². The zero-order valence-electron chi connectivity index (χ0n) is 9.75. The van der Waals surface area contributed by atoms with Crippen LogP contribution in [0.2, 0.25) is 0 Å². The molecule has 2 N–H and O–H groups in total. The van der Waals surface area contributed by atoms with Gasteiger partial charge in [0.2, 0.25) is 0 Å². The summed E-state index contributed by atoms with van der Waals surface area (Å²) >= 11 is 0. The van der Waals surface area contributed by atoms with Crippen molar-refractivity contribution < 1.29 is 0 Å². The molecule has 2 aromatic rings. The maximum atomic E-state index is 3.98. The third-order valence-electron chi connectivity index (χ3n) is 2.48. The summed E-state index contributed by atoms with van der Waals surface area (Å²) in [7, 11) is 0. The number of aromatic amines is 1. The van der Waals surface area contributed by atoms with Gasteiger partial charge in [-0.3, -0.25) is 0 Å². The first-order valence-electron chi connectivity index (χ1n) is 5.49. The Bertz CT molecular complexity index is 426.